The van der Waals surface area contributed by atoms with Gasteiger partial charge in [-0.05, 0) is 31.7 Å². The van der Waals surface area contributed by atoms with Crippen molar-refractivity contribution in [2.45, 2.75) is 18.6 Å². The van der Waals surface area contributed by atoms with Gasteiger partial charge in [-0.3, -0.25) is 4.79 Å². The van der Waals surface area contributed by atoms with Crippen LogP contribution in [0.5, 0.6) is 5.75 Å². The second-order valence-electron chi connectivity index (χ2n) is 6.17. The molecule has 0 aliphatic carbocycles. The van der Waals surface area contributed by atoms with Gasteiger partial charge in [-0.2, -0.15) is 0 Å². The molecule has 6 heteroatoms. The molecule has 2 aliphatic rings. The SMILES string of the molecule is CN1CC[C@H](O)[C@H](C(=O)N2CC(Oc3cccc(Cl)c3)C2)C1. The minimum atomic E-state index is -0.531. The van der Waals surface area contributed by atoms with E-state index in [0.717, 1.165) is 12.3 Å². The number of amides is 1. The fourth-order valence-corrected chi connectivity index (χ4v) is 3.19. The van der Waals surface area contributed by atoms with Crippen molar-refractivity contribution >= 4 is 17.5 Å². The van der Waals surface area contributed by atoms with Gasteiger partial charge in [0.2, 0.25) is 5.91 Å². The molecule has 0 aromatic heterocycles. The highest BCUT2D eigenvalue weighted by atomic mass is 35.5. The summed E-state index contributed by atoms with van der Waals surface area (Å²) >= 11 is 5.92. The maximum absolute atomic E-state index is 12.5. The summed E-state index contributed by atoms with van der Waals surface area (Å²) in [4.78, 5) is 16.3. The van der Waals surface area contributed by atoms with Crippen LogP contribution in [0.2, 0.25) is 5.02 Å². The number of likely N-dealkylation sites (tertiary alicyclic amines) is 2. The third-order valence-electron chi connectivity index (χ3n) is 4.36. The van der Waals surface area contributed by atoms with Gasteiger partial charge in [0.25, 0.3) is 0 Å². The van der Waals surface area contributed by atoms with E-state index in [1.54, 1.807) is 17.0 Å². The summed E-state index contributed by atoms with van der Waals surface area (Å²) in [5.74, 6) is 0.442. The van der Waals surface area contributed by atoms with Crippen LogP contribution in [0.4, 0.5) is 0 Å². The van der Waals surface area contributed by atoms with Gasteiger partial charge in [0.05, 0.1) is 25.1 Å². The second-order valence-corrected chi connectivity index (χ2v) is 6.60. The van der Waals surface area contributed by atoms with Crippen LogP contribution in [0.3, 0.4) is 0 Å². The maximum Gasteiger partial charge on any atom is 0.229 e. The number of rotatable bonds is 3. The number of halogens is 1. The summed E-state index contributed by atoms with van der Waals surface area (Å²) in [7, 11) is 1.98. The van der Waals surface area contributed by atoms with Crippen LogP contribution in [0.25, 0.3) is 0 Å². The molecule has 5 nitrogen and oxygen atoms in total. The lowest BCUT2D eigenvalue weighted by Crippen LogP contribution is -2.60. The van der Waals surface area contributed by atoms with Gasteiger partial charge in [0.15, 0.2) is 0 Å². The lowest BCUT2D eigenvalue weighted by atomic mass is 9.92. The van der Waals surface area contributed by atoms with Gasteiger partial charge in [-0.25, -0.2) is 0 Å². The highest BCUT2D eigenvalue weighted by Gasteiger charge is 2.40. The molecule has 0 bridgehead atoms. The molecular formula is C16H21ClN2O3. The quantitative estimate of drug-likeness (QED) is 0.909. The van der Waals surface area contributed by atoms with Crippen LogP contribution < -0.4 is 4.74 Å². The summed E-state index contributed by atoms with van der Waals surface area (Å²) in [6.07, 6.45) is 0.126. The number of hydrogen-bond acceptors (Lipinski definition) is 4. The van der Waals surface area contributed by atoms with Crippen molar-refractivity contribution in [3.05, 3.63) is 29.3 Å². The van der Waals surface area contributed by atoms with Crippen molar-refractivity contribution in [1.82, 2.24) is 9.80 Å². The Bertz CT molecular complexity index is 548. The minimum absolute atomic E-state index is 0.000815. The molecule has 1 aromatic carbocycles. The zero-order valence-corrected chi connectivity index (χ0v) is 13.4. The number of carbonyl (C=O) groups is 1. The zero-order valence-electron chi connectivity index (χ0n) is 12.6. The van der Waals surface area contributed by atoms with Crippen molar-refractivity contribution in [3.63, 3.8) is 0 Å². The highest BCUT2D eigenvalue weighted by molar-refractivity contribution is 6.30. The molecule has 0 radical (unpaired) electrons. The number of hydrogen-bond donors (Lipinski definition) is 1. The Hall–Kier alpha value is -1.30. The van der Waals surface area contributed by atoms with E-state index in [1.165, 1.54) is 0 Å². The van der Waals surface area contributed by atoms with Crippen molar-refractivity contribution in [3.8, 4) is 5.75 Å². The summed E-state index contributed by atoms with van der Waals surface area (Å²) in [5.41, 5.74) is 0. The van der Waals surface area contributed by atoms with Gasteiger partial charge in [-0.1, -0.05) is 17.7 Å². The number of benzene rings is 1. The summed E-state index contributed by atoms with van der Waals surface area (Å²) in [6.45, 7) is 2.60. The van der Waals surface area contributed by atoms with E-state index < -0.39 is 6.10 Å². The molecule has 1 N–H and O–H groups in total. The standard InChI is InChI=1S/C16H21ClN2O3/c1-18-6-5-15(20)14(10-18)16(21)19-8-13(9-19)22-12-4-2-3-11(17)7-12/h2-4,7,13-15,20H,5-6,8-10H2,1H3/t14-,15+/m1/s1. The van der Waals surface area contributed by atoms with Gasteiger partial charge < -0.3 is 19.6 Å². The largest absolute Gasteiger partial charge is 0.487 e. The zero-order chi connectivity index (χ0) is 15.7. The van der Waals surface area contributed by atoms with E-state index in [4.69, 9.17) is 16.3 Å². The summed E-state index contributed by atoms with van der Waals surface area (Å²) < 4.78 is 5.80. The highest BCUT2D eigenvalue weighted by Crippen LogP contribution is 2.25. The predicted molar refractivity (Wildman–Crippen MR) is 84.1 cm³/mol. The van der Waals surface area contributed by atoms with Crippen molar-refractivity contribution < 1.29 is 14.6 Å². The van der Waals surface area contributed by atoms with Crippen molar-refractivity contribution in [1.29, 1.82) is 0 Å². The van der Waals surface area contributed by atoms with E-state index in [-0.39, 0.29) is 17.9 Å². The van der Waals surface area contributed by atoms with Crippen LogP contribution in [0.1, 0.15) is 6.42 Å². The smallest absolute Gasteiger partial charge is 0.229 e. The first-order valence-corrected chi connectivity index (χ1v) is 7.98. The average molecular weight is 325 g/mol. The Morgan fingerprint density at radius 2 is 2.14 bits per heavy atom. The van der Waals surface area contributed by atoms with E-state index >= 15 is 0 Å². The third kappa shape index (κ3) is 3.37. The Kier molecular flexibility index (Phi) is 4.57. The molecule has 2 aliphatic heterocycles. The molecule has 3 rings (SSSR count). The molecule has 120 valence electrons. The molecule has 0 saturated carbocycles. The first kappa shape index (κ1) is 15.6. The molecule has 2 fully saturated rings. The first-order chi connectivity index (χ1) is 10.5. The fourth-order valence-electron chi connectivity index (χ4n) is 3.01. The normalized spacial score (nSPS) is 26.6. The predicted octanol–water partition coefficient (Wildman–Crippen LogP) is 1.24. The van der Waals surface area contributed by atoms with Gasteiger partial charge in [-0.15, -0.1) is 0 Å². The number of carbonyl (C=O) groups excluding carboxylic acids is 1. The maximum atomic E-state index is 12.5. The molecule has 22 heavy (non-hydrogen) atoms. The fraction of sp³-hybridized carbons (Fsp3) is 0.562. The van der Waals surface area contributed by atoms with Crippen LogP contribution in [0, 0.1) is 5.92 Å². The molecule has 2 atom stereocenters. The third-order valence-corrected chi connectivity index (χ3v) is 4.59. The van der Waals surface area contributed by atoms with E-state index in [1.807, 2.05) is 19.2 Å². The van der Waals surface area contributed by atoms with E-state index in [2.05, 4.69) is 4.90 Å². The molecule has 2 heterocycles. The van der Waals surface area contributed by atoms with E-state index in [9.17, 15) is 9.90 Å². The van der Waals surface area contributed by atoms with Crippen molar-refractivity contribution in [2.24, 2.45) is 5.92 Å². The van der Waals surface area contributed by atoms with Crippen LogP contribution in [0.15, 0.2) is 24.3 Å². The molecular weight excluding hydrogens is 304 g/mol. The molecule has 1 amide bonds. The van der Waals surface area contributed by atoms with Gasteiger partial charge in [0, 0.05) is 18.1 Å². The average Bonchev–Trinajstić information content (AvgIpc) is 2.44. The molecule has 2 saturated heterocycles. The van der Waals surface area contributed by atoms with Crippen LogP contribution >= 0.6 is 11.6 Å². The number of piperidine rings is 1. The molecule has 0 unspecified atom stereocenters. The number of ether oxygens (including phenoxy) is 1. The minimum Gasteiger partial charge on any atom is -0.487 e. The van der Waals surface area contributed by atoms with Crippen LogP contribution in [-0.2, 0) is 4.79 Å². The summed E-state index contributed by atoms with van der Waals surface area (Å²) in [6, 6.07) is 7.27. The number of aliphatic hydroxyl groups is 1. The van der Waals surface area contributed by atoms with Crippen LogP contribution in [-0.4, -0.2) is 66.2 Å². The Balaban J connectivity index is 1.51. The monoisotopic (exact) mass is 324 g/mol. The Morgan fingerprint density at radius 3 is 2.86 bits per heavy atom. The molecule has 1 aromatic rings. The van der Waals surface area contributed by atoms with Gasteiger partial charge >= 0.3 is 0 Å². The van der Waals surface area contributed by atoms with E-state index in [0.29, 0.717) is 31.1 Å². The second kappa shape index (κ2) is 6.44. The summed E-state index contributed by atoms with van der Waals surface area (Å²) in [5, 5.41) is 10.7. The first-order valence-electron chi connectivity index (χ1n) is 7.60. The lowest BCUT2D eigenvalue weighted by Gasteiger charge is -2.43. The Labute approximate surface area is 135 Å². The Morgan fingerprint density at radius 1 is 1.36 bits per heavy atom. The number of aliphatic hydroxyl groups excluding tert-OH is 1. The van der Waals surface area contributed by atoms with Crippen molar-refractivity contribution in [2.75, 3.05) is 33.2 Å². The lowest BCUT2D eigenvalue weighted by molar-refractivity contribution is -0.151. The topological polar surface area (TPSA) is 53.0 Å². The molecule has 0 spiro atoms. The van der Waals surface area contributed by atoms with Gasteiger partial charge in [0.1, 0.15) is 11.9 Å². The number of nitrogens with zero attached hydrogens (tertiary/aromatic N) is 2.